The van der Waals surface area contributed by atoms with Gasteiger partial charge in [0.05, 0.1) is 16.8 Å². The van der Waals surface area contributed by atoms with Gasteiger partial charge in [0.2, 0.25) is 10.1 Å². The van der Waals surface area contributed by atoms with Gasteiger partial charge in [0, 0.05) is 16.9 Å². The van der Waals surface area contributed by atoms with E-state index < -0.39 is 35.5 Å². The van der Waals surface area contributed by atoms with E-state index in [0.717, 1.165) is 38.9 Å². The van der Waals surface area contributed by atoms with Crippen LogP contribution in [0.1, 0.15) is 44.6 Å². The number of sulfonamides is 2. The second-order valence-corrected chi connectivity index (χ2v) is 12.9. The van der Waals surface area contributed by atoms with Crippen LogP contribution in [0.4, 0.5) is 11.4 Å². The number of hydrogen-bond acceptors (Lipinski definition) is 8. The van der Waals surface area contributed by atoms with Crippen LogP contribution >= 0.6 is 0 Å². The van der Waals surface area contributed by atoms with Crippen molar-refractivity contribution in [2.24, 2.45) is 10.3 Å². The first-order valence-corrected chi connectivity index (χ1v) is 15.0. The van der Waals surface area contributed by atoms with Gasteiger partial charge in [-0.3, -0.25) is 0 Å². The fourth-order valence-corrected chi connectivity index (χ4v) is 7.21. The van der Waals surface area contributed by atoms with Crippen LogP contribution in [-0.4, -0.2) is 26.8 Å². The predicted octanol–water partition coefficient (Wildman–Crippen LogP) is 2.53. The van der Waals surface area contributed by atoms with Gasteiger partial charge in [-0.15, -0.1) is 0 Å². The standard InChI is InChI=1S/C27H28N6O4S2/c1-13-9-17(10-14(2)21(13)28)27(18-11-15(3)22(29)16(4)12-18)20-8-6-5-7-19(20)23-24(27)33-26(39(31,36)37)25(32-23)38(30,34)35/h5-12H,28-29H2,1-4H3,(H2,30,34,35)(H2,31,36,37). The predicted molar refractivity (Wildman–Crippen MR) is 150 cm³/mol. The van der Waals surface area contributed by atoms with Gasteiger partial charge in [0.1, 0.15) is 0 Å². The number of fused-ring (bicyclic) bond motifs is 3. The lowest BCUT2D eigenvalue weighted by Crippen LogP contribution is -2.32. The molecule has 5 rings (SSSR count). The number of hydrogen-bond donors (Lipinski definition) is 4. The summed E-state index contributed by atoms with van der Waals surface area (Å²) in [5.74, 6) is 0. The SMILES string of the molecule is Cc1cc(C2(c3cc(C)c(N)c(C)c3)c3ccccc3-c3nc(S(N)(=O)=O)c(S(N)(=O)=O)nc32)cc(C)c1N. The minimum atomic E-state index is -4.66. The third kappa shape index (κ3) is 3.90. The number of aryl methyl sites for hydroxylation is 4. The monoisotopic (exact) mass is 564 g/mol. The van der Waals surface area contributed by atoms with E-state index in [1.807, 2.05) is 64.1 Å². The maximum Gasteiger partial charge on any atom is 0.258 e. The molecular weight excluding hydrogens is 536 g/mol. The first-order valence-electron chi connectivity index (χ1n) is 11.9. The van der Waals surface area contributed by atoms with Crippen LogP contribution in [0.2, 0.25) is 0 Å². The molecule has 1 aliphatic rings. The van der Waals surface area contributed by atoms with Crippen LogP contribution in [0.25, 0.3) is 11.3 Å². The summed E-state index contributed by atoms with van der Waals surface area (Å²) >= 11 is 0. The molecule has 202 valence electrons. The number of anilines is 2. The number of rotatable bonds is 4. The highest BCUT2D eigenvalue weighted by molar-refractivity contribution is 7.92. The summed E-state index contributed by atoms with van der Waals surface area (Å²) in [6.45, 7) is 7.53. The van der Waals surface area contributed by atoms with Gasteiger partial charge in [0.15, 0.2) is 0 Å². The summed E-state index contributed by atoms with van der Waals surface area (Å²) in [4.78, 5) is 8.80. The smallest absolute Gasteiger partial charge is 0.258 e. The summed E-state index contributed by atoms with van der Waals surface area (Å²) in [6, 6.07) is 15.0. The van der Waals surface area contributed by atoms with Gasteiger partial charge in [-0.2, -0.15) is 0 Å². The molecule has 0 unspecified atom stereocenters. The van der Waals surface area contributed by atoms with Crippen LogP contribution < -0.4 is 21.7 Å². The average molecular weight is 565 g/mol. The zero-order valence-corrected chi connectivity index (χ0v) is 23.4. The molecule has 3 aromatic carbocycles. The summed E-state index contributed by atoms with van der Waals surface area (Å²) in [5.41, 5.74) is 19.0. The van der Waals surface area contributed by atoms with Crippen molar-refractivity contribution in [3.05, 3.63) is 93.2 Å². The Kier molecular flexibility index (Phi) is 5.89. The van der Waals surface area contributed by atoms with E-state index >= 15 is 0 Å². The van der Waals surface area contributed by atoms with E-state index in [-0.39, 0.29) is 11.4 Å². The van der Waals surface area contributed by atoms with Gasteiger partial charge in [-0.1, -0.05) is 48.5 Å². The zero-order valence-electron chi connectivity index (χ0n) is 21.8. The molecule has 1 aliphatic carbocycles. The van der Waals surface area contributed by atoms with Gasteiger partial charge < -0.3 is 11.5 Å². The van der Waals surface area contributed by atoms with Crippen molar-refractivity contribution in [1.29, 1.82) is 0 Å². The summed E-state index contributed by atoms with van der Waals surface area (Å²) in [7, 11) is -9.27. The number of primary sulfonamides is 2. The summed E-state index contributed by atoms with van der Waals surface area (Å²) < 4.78 is 50.4. The second-order valence-electron chi connectivity index (χ2n) is 9.96. The molecule has 8 N–H and O–H groups in total. The van der Waals surface area contributed by atoms with E-state index in [9.17, 15) is 16.8 Å². The average Bonchev–Trinajstić information content (AvgIpc) is 3.14. The van der Waals surface area contributed by atoms with Crippen molar-refractivity contribution in [3.63, 3.8) is 0 Å². The third-order valence-corrected chi connectivity index (χ3v) is 9.14. The Morgan fingerprint density at radius 2 is 1.08 bits per heavy atom. The Balaban J connectivity index is 2.09. The van der Waals surface area contributed by atoms with Crippen molar-refractivity contribution < 1.29 is 16.8 Å². The molecule has 0 amide bonds. The van der Waals surface area contributed by atoms with E-state index in [1.54, 1.807) is 12.1 Å². The minimum Gasteiger partial charge on any atom is -0.398 e. The van der Waals surface area contributed by atoms with Crippen LogP contribution in [0.3, 0.4) is 0 Å². The van der Waals surface area contributed by atoms with E-state index in [0.29, 0.717) is 16.9 Å². The van der Waals surface area contributed by atoms with Gasteiger partial charge in [-0.25, -0.2) is 37.1 Å². The maximum atomic E-state index is 12.7. The fraction of sp³-hybridized carbons (Fsp3) is 0.185. The minimum absolute atomic E-state index is 0.182. The normalized spacial score (nSPS) is 14.2. The Bertz CT molecular complexity index is 1830. The molecule has 0 radical (unpaired) electrons. The molecule has 39 heavy (non-hydrogen) atoms. The lowest BCUT2D eigenvalue weighted by atomic mass is 9.68. The molecule has 0 atom stereocenters. The van der Waals surface area contributed by atoms with E-state index in [1.165, 1.54) is 0 Å². The number of benzene rings is 3. The maximum absolute atomic E-state index is 12.7. The Labute approximate surface area is 227 Å². The molecule has 0 saturated heterocycles. The summed E-state index contributed by atoms with van der Waals surface area (Å²) in [5, 5.41) is 9.03. The molecule has 4 aromatic rings. The van der Waals surface area contributed by atoms with Crippen molar-refractivity contribution >= 4 is 31.4 Å². The van der Waals surface area contributed by atoms with Crippen LogP contribution in [0.15, 0.2) is 58.6 Å². The molecule has 12 heteroatoms. The molecule has 0 spiro atoms. The Morgan fingerprint density at radius 1 is 0.667 bits per heavy atom. The molecule has 0 saturated carbocycles. The number of nitrogens with zero attached hydrogens (tertiary/aromatic N) is 2. The molecule has 0 fully saturated rings. The quantitative estimate of drug-likeness (QED) is 0.239. The first-order chi connectivity index (χ1) is 18.1. The van der Waals surface area contributed by atoms with Crippen molar-refractivity contribution in [2.75, 3.05) is 11.5 Å². The molecule has 1 aromatic heterocycles. The van der Waals surface area contributed by atoms with Crippen molar-refractivity contribution in [3.8, 4) is 11.3 Å². The molecule has 1 heterocycles. The van der Waals surface area contributed by atoms with Crippen LogP contribution in [0.5, 0.6) is 0 Å². The Hall–Kier alpha value is -3.84. The lowest BCUT2D eigenvalue weighted by molar-refractivity contribution is 0.569. The number of nitrogens with two attached hydrogens (primary N) is 4. The molecule has 10 nitrogen and oxygen atoms in total. The largest absolute Gasteiger partial charge is 0.398 e. The van der Waals surface area contributed by atoms with Gasteiger partial charge in [0.25, 0.3) is 20.0 Å². The number of aromatic nitrogens is 2. The highest BCUT2D eigenvalue weighted by Crippen LogP contribution is 2.56. The third-order valence-electron chi connectivity index (χ3n) is 7.37. The Morgan fingerprint density at radius 3 is 1.51 bits per heavy atom. The number of nitrogen functional groups attached to an aromatic ring is 2. The highest BCUT2D eigenvalue weighted by Gasteiger charge is 2.50. The molecule has 0 bridgehead atoms. The van der Waals surface area contributed by atoms with Gasteiger partial charge >= 0.3 is 0 Å². The fourth-order valence-electron chi connectivity index (χ4n) is 5.50. The lowest BCUT2D eigenvalue weighted by Gasteiger charge is -2.34. The first kappa shape index (κ1) is 26.8. The van der Waals surface area contributed by atoms with Crippen molar-refractivity contribution in [1.82, 2.24) is 9.97 Å². The molecular formula is C27H28N6O4S2. The topological polar surface area (TPSA) is 198 Å². The van der Waals surface area contributed by atoms with Crippen LogP contribution in [0, 0.1) is 27.7 Å². The van der Waals surface area contributed by atoms with Gasteiger partial charge in [-0.05, 0) is 66.6 Å². The second kappa shape index (κ2) is 8.58. The summed E-state index contributed by atoms with van der Waals surface area (Å²) in [6.07, 6.45) is 0. The highest BCUT2D eigenvalue weighted by atomic mass is 32.2. The van der Waals surface area contributed by atoms with E-state index in [2.05, 4.69) is 9.97 Å². The van der Waals surface area contributed by atoms with Crippen molar-refractivity contribution in [2.45, 2.75) is 43.2 Å². The van der Waals surface area contributed by atoms with E-state index in [4.69, 9.17) is 21.7 Å². The zero-order chi connectivity index (χ0) is 28.7. The molecule has 0 aliphatic heterocycles. The van der Waals surface area contributed by atoms with Crippen LogP contribution in [-0.2, 0) is 25.5 Å².